The molecule has 6 nitrogen and oxygen atoms in total. The van der Waals surface area contributed by atoms with Gasteiger partial charge >= 0.3 is 0 Å². The summed E-state index contributed by atoms with van der Waals surface area (Å²) in [5.74, 6) is 2.55. The van der Waals surface area contributed by atoms with E-state index in [-0.39, 0.29) is 5.41 Å². The Morgan fingerprint density at radius 3 is 2.06 bits per heavy atom. The van der Waals surface area contributed by atoms with Gasteiger partial charge in [-0.3, -0.25) is 9.55 Å². The highest BCUT2D eigenvalue weighted by atomic mass is 16.5. The van der Waals surface area contributed by atoms with E-state index in [0.29, 0.717) is 0 Å². The van der Waals surface area contributed by atoms with Crippen molar-refractivity contribution in [1.29, 1.82) is 0 Å². The molecule has 5 heterocycles. The second-order valence-electron chi connectivity index (χ2n) is 15.2. The molecule has 0 spiro atoms. The Morgan fingerprint density at radius 2 is 1.28 bits per heavy atom. The molecule has 0 saturated carbocycles. The van der Waals surface area contributed by atoms with Crippen molar-refractivity contribution < 1.29 is 4.74 Å². The quantitative estimate of drug-likeness (QED) is 0.184. The van der Waals surface area contributed by atoms with Crippen LogP contribution in [0.3, 0.4) is 0 Å². The van der Waals surface area contributed by atoms with Crippen LogP contribution in [-0.4, -0.2) is 28.3 Å². The second-order valence-corrected chi connectivity index (χ2v) is 15.2. The molecular formula is C47H39N5O. The fourth-order valence-electron chi connectivity index (χ4n) is 8.58. The Labute approximate surface area is 309 Å². The lowest BCUT2D eigenvalue weighted by Gasteiger charge is -2.41. The monoisotopic (exact) mass is 689 g/mol. The molecule has 0 radical (unpaired) electrons. The number of benzene rings is 5. The molecule has 5 aromatic carbocycles. The summed E-state index contributed by atoms with van der Waals surface area (Å²) in [5.41, 5.74) is 10.3. The van der Waals surface area contributed by atoms with Gasteiger partial charge in [0.2, 0.25) is 0 Å². The molecule has 0 unspecified atom stereocenters. The van der Waals surface area contributed by atoms with Crippen molar-refractivity contribution in [3.8, 4) is 17.3 Å². The van der Waals surface area contributed by atoms with Crippen molar-refractivity contribution in [1.82, 2.24) is 14.5 Å². The smallest absolute Gasteiger partial charge is 0.137 e. The van der Waals surface area contributed by atoms with E-state index >= 15 is 0 Å². The molecule has 2 aliphatic heterocycles. The molecule has 53 heavy (non-hydrogen) atoms. The van der Waals surface area contributed by atoms with Crippen molar-refractivity contribution in [2.75, 3.05) is 23.5 Å². The van der Waals surface area contributed by atoms with E-state index in [1.165, 1.54) is 27.7 Å². The van der Waals surface area contributed by atoms with Crippen LogP contribution < -0.4 is 14.5 Å². The van der Waals surface area contributed by atoms with Gasteiger partial charge in [-0.2, -0.15) is 0 Å². The summed E-state index contributed by atoms with van der Waals surface area (Å²) in [6, 6.07) is 49.8. The molecular weight excluding hydrogens is 651 g/mol. The van der Waals surface area contributed by atoms with Gasteiger partial charge in [0.1, 0.15) is 17.3 Å². The normalized spacial score (nSPS) is 14.6. The highest BCUT2D eigenvalue weighted by Gasteiger charge is 2.47. The maximum atomic E-state index is 6.68. The Morgan fingerprint density at radius 1 is 0.623 bits per heavy atom. The number of hydrogen-bond acceptors (Lipinski definition) is 5. The van der Waals surface area contributed by atoms with Crippen LogP contribution in [0.15, 0.2) is 152 Å². The van der Waals surface area contributed by atoms with Crippen LogP contribution in [0.25, 0.3) is 27.6 Å². The lowest BCUT2D eigenvalue weighted by Crippen LogP contribution is -2.35. The number of rotatable bonds is 4. The summed E-state index contributed by atoms with van der Waals surface area (Å²) >= 11 is 0. The third-order valence-electron chi connectivity index (χ3n) is 11.1. The van der Waals surface area contributed by atoms with E-state index in [4.69, 9.17) is 14.7 Å². The van der Waals surface area contributed by atoms with Gasteiger partial charge in [-0.15, -0.1) is 0 Å². The zero-order chi connectivity index (χ0) is 35.9. The summed E-state index contributed by atoms with van der Waals surface area (Å²) in [7, 11) is 2.15. The lowest BCUT2D eigenvalue weighted by atomic mass is 9.65. The van der Waals surface area contributed by atoms with Crippen molar-refractivity contribution >= 4 is 38.9 Å². The molecule has 6 heteroatoms. The zero-order valence-corrected chi connectivity index (χ0v) is 30.3. The SMILES string of the molecule is CN1CN(c2ccnc(C3(c4ccc5c6ccccc6n(-c6cc(C(C)(C)C)ccn6)c5c4)c4ccccc4Oc4ccccc43)c2)c2ccccc21. The number of hydrogen-bond donors (Lipinski definition) is 0. The molecule has 0 fully saturated rings. The van der Waals surface area contributed by atoms with Crippen LogP contribution in [0.5, 0.6) is 11.5 Å². The summed E-state index contributed by atoms with van der Waals surface area (Å²) in [5, 5.41) is 2.37. The Balaban J connectivity index is 1.28. The molecule has 8 aromatic rings. The third-order valence-corrected chi connectivity index (χ3v) is 11.1. The first-order chi connectivity index (χ1) is 25.8. The number of ether oxygens (including phenoxy) is 1. The van der Waals surface area contributed by atoms with E-state index in [9.17, 15) is 0 Å². The van der Waals surface area contributed by atoms with Gasteiger partial charge in [0, 0.05) is 47.0 Å². The van der Waals surface area contributed by atoms with Crippen LogP contribution >= 0.6 is 0 Å². The van der Waals surface area contributed by atoms with Gasteiger partial charge in [-0.1, -0.05) is 99.6 Å². The van der Waals surface area contributed by atoms with E-state index < -0.39 is 5.41 Å². The van der Waals surface area contributed by atoms with Crippen LogP contribution in [-0.2, 0) is 10.8 Å². The molecule has 0 bridgehead atoms. The Bertz CT molecular complexity index is 2680. The van der Waals surface area contributed by atoms with E-state index in [1.807, 2.05) is 24.5 Å². The lowest BCUT2D eigenvalue weighted by molar-refractivity contribution is 0.432. The molecule has 0 aliphatic carbocycles. The molecule has 2 aliphatic rings. The Kier molecular flexibility index (Phi) is 6.83. The van der Waals surface area contributed by atoms with E-state index in [1.54, 1.807) is 0 Å². The maximum Gasteiger partial charge on any atom is 0.137 e. The second kappa shape index (κ2) is 11.6. The van der Waals surface area contributed by atoms with E-state index in [2.05, 4.69) is 170 Å². The third kappa shape index (κ3) is 4.65. The van der Waals surface area contributed by atoms with Gasteiger partial charge in [0.25, 0.3) is 0 Å². The van der Waals surface area contributed by atoms with Gasteiger partial charge < -0.3 is 14.5 Å². The van der Waals surface area contributed by atoms with E-state index in [0.717, 1.165) is 63.1 Å². The van der Waals surface area contributed by atoms with Gasteiger partial charge in [-0.25, -0.2) is 4.98 Å². The zero-order valence-electron chi connectivity index (χ0n) is 30.3. The fourth-order valence-corrected chi connectivity index (χ4v) is 8.58. The first-order valence-electron chi connectivity index (χ1n) is 18.2. The Hall–Kier alpha value is -6.40. The average Bonchev–Trinajstić information content (AvgIpc) is 3.71. The highest BCUT2D eigenvalue weighted by molar-refractivity contribution is 6.09. The summed E-state index contributed by atoms with van der Waals surface area (Å²) in [6.07, 6.45) is 3.90. The molecule has 0 saturated heterocycles. The van der Waals surface area contributed by atoms with Crippen LogP contribution in [0, 0.1) is 0 Å². The van der Waals surface area contributed by atoms with Crippen molar-refractivity contribution in [2.45, 2.75) is 31.6 Å². The topological polar surface area (TPSA) is 46.4 Å². The van der Waals surface area contributed by atoms with Gasteiger partial charge in [0.05, 0.1) is 40.2 Å². The maximum absolute atomic E-state index is 6.68. The molecule has 258 valence electrons. The summed E-state index contributed by atoms with van der Waals surface area (Å²) in [4.78, 5) is 14.9. The number of para-hydroxylation sites is 5. The van der Waals surface area contributed by atoms with Crippen LogP contribution in [0.2, 0.25) is 0 Å². The number of pyridine rings is 2. The minimum Gasteiger partial charge on any atom is -0.457 e. The molecule has 0 atom stereocenters. The predicted octanol–water partition coefficient (Wildman–Crippen LogP) is 10.9. The van der Waals surface area contributed by atoms with Crippen LogP contribution in [0.1, 0.15) is 48.7 Å². The van der Waals surface area contributed by atoms with Crippen molar-refractivity contribution in [3.05, 3.63) is 180 Å². The fraction of sp³-hybridized carbons (Fsp3) is 0.149. The largest absolute Gasteiger partial charge is 0.457 e. The predicted molar refractivity (Wildman–Crippen MR) is 215 cm³/mol. The average molecular weight is 690 g/mol. The van der Waals surface area contributed by atoms with Gasteiger partial charge in [0.15, 0.2) is 0 Å². The van der Waals surface area contributed by atoms with Crippen molar-refractivity contribution in [3.63, 3.8) is 0 Å². The molecule has 10 rings (SSSR count). The first kappa shape index (κ1) is 31.3. The van der Waals surface area contributed by atoms with Crippen LogP contribution in [0.4, 0.5) is 17.1 Å². The van der Waals surface area contributed by atoms with Crippen molar-refractivity contribution in [2.24, 2.45) is 0 Å². The summed E-state index contributed by atoms with van der Waals surface area (Å²) < 4.78 is 9.01. The number of aromatic nitrogens is 3. The molecule has 3 aromatic heterocycles. The highest BCUT2D eigenvalue weighted by Crippen LogP contribution is 2.56. The minimum atomic E-state index is -0.803. The number of nitrogens with zero attached hydrogens (tertiary/aromatic N) is 5. The molecule has 0 N–H and O–H groups in total. The summed E-state index contributed by atoms with van der Waals surface area (Å²) in [6.45, 7) is 7.50. The standard InChI is InChI=1S/C47H39N5O/c1-46(2,3)31-23-25-49-45(28-31)52-38-16-8-5-13-34(38)35-22-21-32(27-41(35)52)47(36-14-6-11-19-42(36)53-43-20-12-7-15-37(43)47)44-29-33(24-26-48-44)51-30-50(4)39-17-9-10-18-40(39)51/h5-29H,30H2,1-4H3. The minimum absolute atomic E-state index is 0.0253. The molecule has 0 amide bonds. The number of fused-ring (bicyclic) bond motifs is 6. The first-order valence-corrected chi connectivity index (χ1v) is 18.2. The van der Waals surface area contributed by atoms with Gasteiger partial charge in [-0.05, 0) is 77.2 Å². The number of anilines is 3.